The maximum absolute atomic E-state index is 11.3. The van der Waals surface area contributed by atoms with Crippen molar-refractivity contribution in [3.63, 3.8) is 0 Å². The van der Waals surface area contributed by atoms with Gasteiger partial charge in [0.15, 0.2) is 0 Å². The molecule has 5 nitrogen and oxygen atoms in total. The van der Waals surface area contributed by atoms with Crippen LogP contribution >= 0.6 is 0 Å². The average molecular weight is 219 g/mol. The number of amidine groups is 1. The first-order valence-electron chi connectivity index (χ1n) is 5.08. The highest BCUT2D eigenvalue weighted by atomic mass is 16.5. The number of aliphatic imine (C=N–C) groups is 1. The van der Waals surface area contributed by atoms with Crippen LogP contribution in [0, 0.1) is 0 Å². The summed E-state index contributed by atoms with van der Waals surface area (Å²) in [5.41, 5.74) is 6.48. The van der Waals surface area contributed by atoms with E-state index in [4.69, 9.17) is 4.74 Å². The van der Waals surface area contributed by atoms with Crippen LogP contribution in [0.5, 0.6) is 0 Å². The minimum absolute atomic E-state index is 0.00206. The molecule has 16 heavy (non-hydrogen) atoms. The number of carbonyl (C=O) groups is 1. The Labute approximate surface area is 93.5 Å². The average Bonchev–Trinajstić information content (AvgIpc) is 2.32. The molecule has 0 aliphatic carbocycles. The molecular weight excluding hydrogens is 206 g/mol. The van der Waals surface area contributed by atoms with Crippen molar-refractivity contribution < 1.29 is 9.53 Å². The number of benzene rings is 1. The van der Waals surface area contributed by atoms with Gasteiger partial charge < -0.3 is 4.74 Å². The maximum Gasteiger partial charge on any atom is 0.375 e. The predicted octanol–water partition coefficient (Wildman–Crippen LogP) is 0.947. The highest BCUT2D eigenvalue weighted by Crippen LogP contribution is 2.04. The van der Waals surface area contributed by atoms with Crippen LogP contribution in [-0.2, 0) is 9.53 Å². The lowest BCUT2D eigenvalue weighted by Gasteiger charge is -2.18. The van der Waals surface area contributed by atoms with Gasteiger partial charge in [-0.1, -0.05) is 18.2 Å². The van der Waals surface area contributed by atoms with Gasteiger partial charge in [-0.3, -0.25) is 15.8 Å². The Morgan fingerprint density at radius 2 is 2.06 bits per heavy atom. The Morgan fingerprint density at radius 3 is 2.81 bits per heavy atom. The van der Waals surface area contributed by atoms with Crippen LogP contribution < -0.4 is 10.9 Å². The smallest absolute Gasteiger partial charge is 0.375 e. The van der Waals surface area contributed by atoms with Crippen LogP contribution in [0.1, 0.15) is 6.92 Å². The molecule has 1 heterocycles. The van der Waals surface area contributed by atoms with Gasteiger partial charge in [0.05, 0.1) is 11.7 Å². The third-order valence-corrected chi connectivity index (χ3v) is 2.10. The van der Waals surface area contributed by atoms with Crippen molar-refractivity contribution in [1.82, 2.24) is 5.43 Å². The molecule has 0 spiro atoms. The molecule has 2 rings (SSSR count). The fraction of sp³-hybridized carbons (Fsp3) is 0.273. The van der Waals surface area contributed by atoms with E-state index >= 15 is 0 Å². The Bertz CT molecular complexity index is 403. The number of anilines is 1. The number of para-hydroxylation sites is 1. The fourth-order valence-corrected chi connectivity index (χ4v) is 1.31. The second-order valence-corrected chi connectivity index (χ2v) is 3.54. The molecule has 0 bridgehead atoms. The zero-order chi connectivity index (χ0) is 11.4. The van der Waals surface area contributed by atoms with Crippen molar-refractivity contribution >= 4 is 17.5 Å². The molecule has 2 N–H and O–H groups in total. The highest BCUT2D eigenvalue weighted by molar-refractivity contribution is 6.35. The van der Waals surface area contributed by atoms with Crippen molar-refractivity contribution in [3.05, 3.63) is 30.3 Å². The first-order valence-corrected chi connectivity index (χ1v) is 5.08. The van der Waals surface area contributed by atoms with E-state index in [9.17, 15) is 4.79 Å². The molecule has 0 radical (unpaired) electrons. The van der Waals surface area contributed by atoms with Gasteiger partial charge in [-0.2, -0.15) is 0 Å². The predicted molar refractivity (Wildman–Crippen MR) is 61.1 cm³/mol. The summed E-state index contributed by atoms with van der Waals surface area (Å²) in [6.07, 6.45) is 0. The Kier molecular flexibility index (Phi) is 3.05. The van der Waals surface area contributed by atoms with Gasteiger partial charge in [0.25, 0.3) is 0 Å². The SMILES string of the molecule is C[C@H]1COC(=O)C(NNc2ccccc2)=N1. The monoisotopic (exact) mass is 219 g/mol. The molecule has 0 unspecified atom stereocenters. The first kappa shape index (κ1) is 10.5. The van der Waals surface area contributed by atoms with Crippen molar-refractivity contribution in [3.8, 4) is 0 Å². The molecular formula is C11H13N3O2. The molecule has 1 aliphatic heterocycles. The van der Waals surface area contributed by atoms with Gasteiger partial charge in [0, 0.05) is 0 Å². The van der Waals surface area contributed by atoms with E-state index in [1.807, 2.05) is 37.3 Å². The van der Waals surface area contributed by atoms with Crippen molar-refractivity contribution in [2.24, 2.45) is 4.99 Å². The molecule has 0 fully saturated rings. The third-order valence-electron chi connectivity index (χ3n) is 2.10. The van der Waals surface area contributed by atoms with Crippen molar-refractivity contribution in [1.29, 1.82) is 0 Å². The number of hydrazine groups is 1. The second-order valence-electron chi connectivity index (χ2n) is 3.54. The Hall–Kier alpha value is -2.04. The van der Waals surface area contributed by atoms with Gasteiger partial charge in [0.2, 0.25) is 5.84 Å². The molecule has 1 atom stereocenters. The maximum atomic E-state index is 11.3. The summed E-state index contributed by atoms with van der Waals surface area (Å²) in [5.74, 6) is -0.218. The van der Waals surface area contributed by atoms with E-state index in [0.717, 1.165) is 5.69 Å². The number of esters is 1. The molecule has 1 aliphatic rings. The second kappa shape index (κ2) is 4.65. The van der Waals surface area contributed by atoms with E-state index in [2.05, 4.69) is 15.8 Å². The number of cyclic esters (lactones) is 1. The number of hydrogen-bond acceptors (Lipinski definition) is 5. The van der Waals surface area contributed by atoms with Crippen LogP contribution in [0.4, 0.5) is 5.69 Å². The molecule has 5 heteroatoms. The van der Waals surface area contributed by atoms with Gasteiger partial charge in [0.1, 0.15) is 6.61 Å². The number of nitrogens with one attached hydrogen (secondary N) is 2. The topological polar surface area (TPSA) is 62.7 Å². The first-order chi connectivity index (χ1) is 7.75. The minimum Gasteiger partial charge on any atom is -0.458 e. The van der Waals surface area contributed by atoms with E-state index in [0.29, 0.717) is 6.61 Å². The lowest BCUT2D eigenvalue weighted by Crippen LogP contribution is -2.41. The quantitative estimate of drug-likeness (QED) is 0.574. The van der Waals surface area contributed by atoms with Gasteiger partial charge >= 0.3 is 5.97 Å². The lowest BCUT2D eigenvalue weighted by molar-refractivity contribution is -0.137. The Balaban J connectivity index is 1.97. The summed E-state index contributed by atoms with van der Waals surface area (Å²) in [6, 6.07) is 9.47. The van der Waals surface area contributed by atoms with Crippen molar-refractivity contribution in [2.75, 3.05) is 12.0 Å². The lowest BCUT2D eigenvalue weighted by atomic mass is 10.3. The normalized spacial score (nSPS) is 19.7. The fourth-order valence-electron chi connectivity index (χ4n) is 1.31. The van der Waals surface area contributed by atoms with Crippen LogP contribution in [-0.4, -0.2) is 24.5 Å². The van der Waals surface area contributed by atoms with Gasteiger partial charge in [-0.15, -0.1) is 0 Å². The molecule has 1 aromatic rings. The van der Waals surface area contributed by atoms with Crippen molar-refractivity contribution in [2.45, 2.75) is 13.0 Å². The number of ether oxygens (including phenoxy) is 1. The molecule has 0 saturated heterocycles. The van der Waals surface area contributed by atoms with E-state index in [-0.39, 0.29) is 11.9 Å². The number of hydrogen-bond donors (Lipinski definition) is 2. The third kappa shape index (κ3) is 2.50. The highest BCUT2D eigenvalue weighted by Gasteiger charge is 2.20. The van der Waals surface area contributed by atoms with E-state index in [1.165, 1.54) is 0 Å². The minimum atomic E-state index is -0.429. The number of carbonyl (C=O) groups excluding carboxylic acids is 1. The van der Waals surface area contributed by atoms with E-state index in [1.54, 1.807) is 0 Å². The summed E-state index contributed by atoms with van der Waals surface area (Å²) >= 11 is 0. The summed E-state index contributed by atoms with van der Waals surface area (Å²) in [7, 11) is 0. The summed E-state index contributed by atoms with van der Waals surface area (Å²) in [6.45, 7) is 2.23. The summed E-state index contributed by atoms with van der Waals surface area (Å²) in [4.78, 5) is 15.5. The number of nitrogens with zero attached hydrogens (tertiary/aromatic N) is 1. The molecule has 0 aromatic heterocycles. The zero-order valence-corrected chi connectivity index (χ0v) is 8.93. The standard InChI is InChI=1S/C11H13N3O2/c1-8-7-16-11(15)10(12-8)14-13-9-5-3-2-4-6-9/h2-6,8,13H,7H2,1H3,(H,12,14)/t8-/m0/s1. The zero-order valence-electron chi connectivity index (χ0n) is 8.93. The summed E-state index contributed by atoms with van der Waals surface area (Å²) in [5, 5.41) is 0. The molecule has 1 aromatic carbocycles. The largest absolute Gasteiger partial charge is 0.458 e. The molecule has 0 amide bonds. The Morgan fingerprint density at radius 1 is 1.31 bits per heavy atom. The van der Waals surface area contributed by atoms with E-state index < -0.39 is 5.97 Å². The van der Waals surface area contributed by atoms with Crippen LogP contribution in [0.2, 0.25) is 0 Å². The number of rotatable bonds is 2. The van der Waals surface area contributed by atoms with Crippen LogP contribution in [0.25, 0.3) is 0 Å². The molecule has 0 saturated carbocycles. The molecule has 84 valence electrons. The van der Waals surface area contributed by atoms with Crippen LogP contribution in [0.15, 0.2) is 35.3 Å². The van der Waals surface area contributed by atoms with Gasteiger partial charge in [-0.25, -0.2) is 4.79 Å². The summed E-state index contributed by atoms with van der Waals surface area (Å²) < 4.78 is 4.92. The van der Waals surface area contributed by atoms with Gasteiger partial charge in [-0.05, 0) is 19.1 Å². The van der Waals surface area contributed by atoms with Crippen LogP contribution in [0.3, 0.4) is 0 Å².